The van der Waals surface area contributed by atoms with E-state index in [1.54, 1.807) is 28.6 Å². The fourth-order valence-corrected chi connectivity index (χ4v) is 4.31. The molecular weight excluding hydrogens is 312 g/mol. The summed E-state index contributed by atoms with van der Waals surface area (Å²) >= 11 is 0. The molecule has 0 atom stereocenters. The van der Waals surface area contributed by atoms with Crippen LogP contribution >= 0.6 is 0 Å². The number of nitrogens with one attached hydrogen (secondary N) is 1. The van der Waals surface area contributed by atoms with Crippen LogP contribution in [-0.4, -0.2) is 31.7 Å². The van der Waals surface area contributed by atoms with Gasteiger partial charge in [0.15, 0.2) is 0 Å². The summed E-state index contributed by atoms with van der Waals surface area (Å²) in [6, 6.07) is 6.56. The first kappa shape index (κ1) is 17.9. The van der Waals surface area contributed by atoms with E-state index in [0.29, 0.717) is 25.2 Å². The molecule has 1 aromatic rings. The summed E-state index contributed by atoms with van der Waals surface area (Å²) < 4.78 is 26.8. The molecule has 0 aliphatic carbocycles. The number of carbonyl (C=O) groups is 1. The van der Waals surface area contributed by atoms with Crippen molar-refractivity contribution in [3.8, 4) is 0 Å². The van der Waals surface area contributed by atoms with Crippen LogP contribution in [0, 0.1) is 0 Å². The van der Waals surface area contributed by atoms with Crippen molar-refractivity contribution in [1.29, 1.82) is 0 Å². The molecule has 0 bridgehead atoms. The molecule has 0 saturated carbocycles. The molecule has 0 spiro atoms. The topological polar surface area (TPSA) is 66.5 Å². The second-order valence-corrected chi connectivity index (χ2v) is 7.94. The van der Waals surface area contributed by atoms with Crippen molar-refractivity contribution < 1.29 is 13.2 Å². The molecule has 1 aromatic carbocycles. The molecule has 0 radical (unpaired) electrons. The van der Waals surface area contributed by atoms with Crippen LogP contribution in [-0.2, 0) is 14.8 Å². The number of hydrogen-bond donors (Lipinski definition) is 1. The average Bonchev–Trinajstić information content (AvgIpc) is 2.56. The zero-order valence-electron chi connectivity index (χ0n) is 13.8. The fourth-order valence-electron chi connectivity index (χ4n) is 2.75. The van der Waals surface area contributed by atoms with Crippen LogP contribution in [0.5, 0.6) is 0 Å². The molecule has 1 amide bonds. The van der Waals surface area contributed by atoms with Gasteiger partial charge in [-0.05, 0) is 37.5 Å². The molecule has 0 aromatic heterocycles. The molecule has 0 unspecified atom stereocenters. The third-order valence-corrected chi connectivity index (χ3v) is 5.97. The number of amides is 1. The van der Waals surface area contributed by atoms with E-state index in [4.69, 9.17) is 0 Å². The lowest BCUT2D eigenvalue weighted by molar-refractivity contribution is -0.116. The van der Waals surface area contributed by atoms with E-state index in [2.05, 4.69) is 12.2 Å². The normalized spacial score (nSPS) is 16.2. The monoisotopic (exact) mass is 338 g/mol. The van der Waals surface area contributed by atoms with Crippen LogP contribution in [0.2, 0.25) is 0 Å². The van der Waals surface area contributed by atoms with Crippen LogP contribution in [0.15, 0.2) is 29.2 Å². The Hall–Kier alpha value is -1.40. The SMILES string of the molecule is CCCCCC(=O)Nc1cccc(S(=O)(=O)N2CCCCC2)c1. The summed E-state index contributed by atoms with van der Waals surface area (Å²) in [5, 5.41) is 2.79. The van der Waals surface area contributed by atoms with Crippen molar-refractivity contribution >= 4 is 21.6 Å². The highest BCUT2D eigenvalue weighted by atomic mass is 32.2. The first-order chi connectivity index (χ1) is 11.0. The Morgan fingerprint density at radius 2 is 1.91 bits per heavy atom. The molecule has 128 valence electrons. The van der Waals surface area contributed by atoms with Gasteiger partial charge < -0.3 is 5.32 Å². The van der Waals surface area contributed by atoms with E-state index < -0.39 is 10.0 Å². The molecular formula is C17H26N2O3S. The summed E-state index contributed by atoms with van der Waals surface area (Å²) in [6.07, 6.45) is 6.32. The Kier molecular flexibility index (Phi) is 6.59. The van der Waals surface area contributed by atoms with Gasteiger partial charge in [-0.25, -0.2) is 8.42 Å². The van der Waals surface area contributed by atoms with Gasteiger partial charge >= 0.3 is 0 Å². The van der Waals surface area contributed by atoms with Gasteiger partial charge in [0.1, 0.15) is 0 Å². The van der Waals surface area contributed by atoms with Gasteiger partial charge in [0.25, 0.3) is 0 Å². The molecule has 1 aliphatic rings. The Morgan fingerprint density at radius 1 is 1.17 bits per heavy atom. The second-order valence-electron chi connectivity index (χ2n) is 6.00. The van der Waals surface area contributed by atoms with Gasteiger partial charge in [-0.2, -0.15) is 4.31 Å². The quantitative estimate of drug-likeness (QED) is 0.775. The summed E-state index contributed by atoms with van der Waals surface area (Å²) in [5.74, 6) is -0.0639. The van der Waals surface area contributed by atoms with Gasteiger partial charge in [0, 0.05) is 25.2 Å². The molecule has 6 heteroatoms. The van der Waals surface area contributed by atoms with E-state index in [1.807, 2.05) is 0 Å². The largest absolute Gasteiger partial charge is 0.326 e. The zero-order valence-corrected chi connectivity index (χ0v) is 14.6. The number of benzene rings is 1. The van der Waals surface area contributed by atoms with Crippen molar-refractivity contribution in [3.63, 3.8) is 0 Å². The maximum atomic E-state index is 12.6. The van der Waals surface area contributed by atoms with E-state index >= 15 is 0 Å². The smallest absolute Gasteiger partial charge is 0.243 e. The molecule has 1 aliphatic heterocycles. The minimum atomic E-state index is -3.46. The van der Waals surface area contributed by atoms with Gasteiger partial charge in [-0.3, -0.25) is 4.79 Å². The van der Waals surface area contributed by atoms with Crippen molar-refractivity contribution in [2.24, 2.45) is 0 Å². The molecule has 1 fully saturated rings. The average molecular weight is 338 g/mol. The molecule has 23 heavy (non-hydrogen) atoms. The Morgan fingerprint density at radius 3 is 2.61 bits per heavy atom. The Bertz CT molecular complexity index is 622. The van der Waals surface area contributed by atoms with E-state index in [9.17, 15) is 13.2 Å². The molecule has 1 saturated heterocycles. The Labute approximate surface area is 139 Å². The van der Waals surface area contributed by atoms with Crippen molar-refractivity contribution in [3.05, 3.63) is 24.3 Å². The van der Waals surface area contributed by atoms with Crippen molar-refractivity contribution in [1.82, 2.24) is 4.31 Å². The fraction of sp³-hybridized carbons (Fsp3) is 0.588. The van der Waals surface area contributed by atoms with Gasteiger partial charge in [-0.15, -0.1) is 0 Å². The highest BCUT2D eigenvalue weighted by Crippen LogP contribution is 2.23. The molecule has 2 rings (SSSR count). The highest BCUT2D eigenvalue weighted by Gasteiger charge is 2.26. The number of piperidine rings is 1. The van der Waals surface area contributed by atoms with Crippen LogP contribution < -0.4 is 5.32 Å². The zero-order chi connectivity index (χ0) is 16.7. The van der Waals surface area contributed by atoms with Crippen molar-refractivity contribution in [2.45, 2.75) is 56.8 Å². The predicted octanol–water partition coefficient (Wildman–Crippen LogP) is 3.38. The number of nitrogens with zero attached hydrogens (tertiary/aromatic N) is 1. The predicted molar refractivity (Wildman–Crippen MR) is 91.8 cm³/mol. The molecule has 1 N–H and O–H groups in total. The summed E-state index contributed by atoms with van der Waals surface area (Å²) in [4.78, 5) is 12.1. The van der Waals surface area contributed by atoms with Crippen LogP contribution in [0.4, 0.5) is 5.69 Å². The number of anilines is 1. The van der Waals surface area contributed by atoms with Crippen LogP contribution in [0.3, 0.4) is 0 Å². The number of rotatable bonds is 7. The third-order valence-electron chi connectivity index (χ3n) is 4.08. The lowest BCUT2D eigenvalue weighted by Crippen LogP contribution is -2.35. The summed E-state index contributed by atoms with van der Waals surface area (Å²) in [7, 11) is -3.46. The minimum Gasteiger partial charge on any atom is -0.326 e. The number of sulfonamides is 1. The van der Waals surface area contributed by atoms with Gasteiger partial charge in [-0.1, -0.05) is 32.3 Å². The molecule has 1 heterocycles. The second kappa shape index (κ2) is 8.45. The standard InChI is InChI=1S/C17H26N2O3S/c1-2-3-5-11-17(20)18-15-9-8-10-16(14-15)23(21,22)19-12-6-4-7-13-19/h8-10,14H,2-7,11-13H2,1H3,(H,18,20). The first-order valence-electron chi connectivity index (χ1n) is 8.44. The summed E-state index contributed by atoms with van der Waals surface area (Å²) in [5.41, 5.74) is 0.546. The lowest BCUT2D eigenvalue weighted by atomic mass is 10.2. The molecule has 5 nitrogen and oxygen atoms in total. The van der Waals surface area contributed by atoms with E-state index in [1.165, 1.54) is 0 Å². The maximum Gasteiger partial charge on any atom is 0.243 e. The third kappa shape index (κ3) is 5.04. The van der Waals surface area contributed by atoms with Gasteiger partial charge in [0.2, 0.25) is 15.9 Å². The number of unbranched alkanes of at least 4 members (excludes halogenated alkanes) is 2. The lowest BCUT2D eigenvalue weighted by Gasteiger charge is -2.26. The Balaban J connectivity index is 2.05. The summed E-state index contributed by atoms with van der Waals surface area (Å²) in [6.45, 7) is 3.25. The highest BCUT2D eigenvalue weighted by molar-refractivity contribution is 7.89. The van der Waals surface area contributed by atoms with Crippen molar-refractivity contribution in [2.75, 3.05) is 18.4 Å². The van der Waals surface area contributed by atoms with E-state index in [0.717, 1.165) is 38.5 Å². The first-order valence-corrected chi connectivity index (χ1v) is 9.88. The van der Waals surface area contributed by atoms with E-state index in [-0.39, 0.29) is 10.8 Å². The van der Waals surface area contributed by atoms with Gasteiger partial charge in [0.05, 0.1) is 4.90 Å². The maximum absolute atomic E-state index is 12.6. The van der Waals surface area contributed by atoms with Crippen LogP contribution in [0.1, 0.15) is 51.9 Å². The van der Waals surface area contributed by atoms with Crippen LogP contribution in [0.25, 0.3) is 0 Å². The number of hydrogen-bond acceptors (Lipinski definition) is 3. The number of carbonyl (C=O) groups excluding carboxylic acids is 1. The minimum absolute atomic E-state index is 0.0639.